The molecule has 0 aromatic heterocycles. The minimum absolute atomic E-state index is 0.775. The molecule has 0 atom stereocenters. The van der Waals surface area contributed by atoms with Crippen LogP contribution in [0.3, 0.4) is 0 Å². The molecule has 0 saturated carbocycles. The summed E-state index contributed by atoms with van der Waals surface area (Å²) in [6, 6.07) is 10.3. The molecule has 0 unspecified atom stereocenters. The molecule has 2 aromatic rings. The zero-order valence-electron chi connectivity index (χ0n) is 15.1. The second-order valence-electron chi connectivity index (χ2n) is 6.08. The molecule has 1 aliphatic heterocycles. The van der Waals surface area contributed by atoms with Gasteiger partial charge in [0, 0.05) is 13.1 Å². The van der Waals surface area contributed by atoms with Gasteiger partial charge in [-0.1, -0.05) is 12.1 Å². The summed E-state index contributed by atoms with van der Waals surface area (Å²) in [5.74, 6) is 2.45. The fourth-order valence-corrected chi connectivity index (χ4v) is 3.28. The van der Waals surface area contributed by atoms with E-state index < -0.39 is 0 Å². The highest BCUT2D eigenvalue weighted by molar-refractivity contribution is 5.70. The van der Waals surface area contributed by atoms with Gasteiger partial charge in [-0.25, -0.2) is 0 Å². The predicted octanol–water partition coefficient (Wildman–Crippen LogP) is 3.01. The van der Waals surface area contributed by atoms with Gasteiger partial charge in [-0.05, 0) is 54.3 Å². The minimum Gasteiger partial charge on any atom is -0.497 e. The first kappa shape index (κ1) is 17.4. The topological polar surface area (TPSA) is 51.8 Å². The van der Waals surface area contributed by atoms with E-state index in [1.54, 1.807) is 21.3 Å². The number of rotatable bonds is 7. The lowest BCUT2D eigenvalue weighted by Crippen LogP contribution is -2.25. The molecule has 2 N–H and O–H groups in total. The van der Waals surface area contributed by atoms with Crippen molar-refractivity contribution in [2.24, 2.45) is 0 Å². The molecule has 25 heavy (non-hydrogen) atoms. The highest BCUT2D eigenvalue weighted by Gasteiger charge is 2.21. The lowest BCUT2D eigenvalue weighted by atomic mass is 9.97. The Bertz CT molecular complexity index is 700. The normalized spacial score (nSPS) is 13.1. The zero-order valence-corrected chi connectivity index (χ0v) is 15.1. The van der Waals surface area contributed by atoms with Crippen molar-refractivity contribution in [3.8, 4) is 17.2 Å². The van der Waals surface area contributed by atoms with Gasteiger partial charge in [-0.3, -0.25) is 0 Å². The maximum Gasteiger partial charge on any atom is 0.184 e. The second-order valence-corrected chi connectivity index (χ2v) is 6.08. The first-order valence-electron chi connectivity index (χ1n) is 8.61. The predicted molar refractivity (Wildman–Crippen MR) is 100 cm³/mol. The summed E-state index contributed by atoms with van der Waals surface area (Å²) in [4.78, 5) is 0. The van der Waals surface area contributed by atoms with Gasteiger partial charge in [-0.2, -0.15) is 0 Å². The molecule has 3 rings (SSSR count). The monoisotopic (exact) mass is 342 g/mol. The number of nitrogens with one attached hydrogen (secondary N) is 2. The van der Waals surface area contributed by atoms with Gasteiger partial charge < -0.3 is 24.8 Å². The highest BCUT2D eigenvalue weighted by atomic mass is 16.5. The Balaban J connectivity index is 1.78. The van der Waals surface area contributed by atoms with Crippen molar-refractivity contribution in [1.29, 1.82) is 0 Å². The Labute approximate surface area is 149 Å². The molecule has 0 bridgehead atoms. The molecule has 2 aromatic carbocycles. The third-order valence-electron chi connectivity index (χ3n) is 4.61. The van der Waals surface area contributed by atoms with Crippen molar-refractivity contribution in [2.75, 3.05) is 39.7 Å². The Kier molecular flexibility index (Phi) is 5.66. The van der Waals surface area contributed by atoms with Crippen molar-refractivity contribution in [3.05, 3.63) is 47.0 Å². The molecule has 1 aliphatic rings. The van der Waals surface area contributed by atoms with Crippen LogP contribution in [-0.2, 0) is 19.4 Å². The molecule has 1 heterocycles. The third-order valence-corrected chi connectivity index (χ3v) is 4.61. The average Bonchev–Trinajstić information content (AvgIpc) is 2.67. The van der Waals surface area contributed by atoms with Crippen LogP contribution in [0.1, 0.15) is 16.7 Å². The lowest BCUT2D eigenvalue weighted by Gasteiger charge is -2.25. The van der Waals surface area contributed by atoms with Crippen LogP contribution in [0.2, 0.25) is 0 Å². The van der Waals surface area contributed by atoms with Crippen LogP contribution in [0, 0.1) is 0 Å². The second kappa shape index (κ2) is 8.12. The largest absolute Gasteiger partial charge is 0.497 e. The van der Waals surface area contributed by atoms with Crippen molar-refractivity contribution >= 4 is 5.69 Å². The molecule has 134 valence electrons. The van der Waals surface area contributed by atoms with Crippen LogP contribution in [0.15, 0.2) is 30.3 Å². The number of methoxy groups -OCH3 is 3. The third kappa shape index (κ3) is 3.82. The molecule has 0 spiro atoms. The Hall–Kier alpha value is -2.40. The van der Waals surface area contributed by atoms with Gasteiger partial charge in [0.25, 0.3) is 0 Å². The quantitative estimate of drug-likeness (QED) is 0.810. The molecule has 5 heteroatoms. The Morgan fingerprint density at radius 1 is 1.04 bits per heavy atom. The zero-order chi connectivity index (χ0) is 17.6. The number of fused-ring (bicyclic) bond motifs is 1. The van der Waals surface area contributed by atoms with E-state index in [0.717, 1.165) is 55.4 Å². The molecule has 0 amide bonds. The van der Waals surface area contributed by atoms with Crippen molar-refractivity contribution in [2.45, 2.75) is 19.4 Å². The van der Waals surface area contributed by atoms with Crippen LogP contribution in [0.25, 0.3) is 0 Å². The van der Waals surface area contributed by atoms with Gasteiger partial charge in [-0.15, -0.1) is 0 Å². The number of benzene rings is 2. The van der Waals surface area contributed by atoms with E-state index in [0.29, 0.717) is 0 Å². The van der Waals surface area contributed by atoms with Crippen LogP contribution in [0.5, 0.6) is 17.2 Å². The molecular formula is C20H26N2O3. The lowest BCUT2D eigenvalue weighted by molar-refractivity contribution is 0.355. The first-order valence-corrected chi connectivity index (χ1v) is 8.61. The van der Waals surface area contributed by atoms with Gasteiger partial charge >= 0.3 is 0 Å². The molecule has 0 radical (unpaired) electrons. The first-order chi connectivity index (χ1) is 12.3. The number of anilines is 1. The summed E-state index contributed by atoms with van der Waals surface area (Å²) in [6.07, 6.45) is 1.91. The summed E-state index contributed by atoms with van der Waals surface area (Å²) in [6.45, 7) is 2.67. The summed E-state index contributed by atoms with van der Waals surface area (Å²) in [7, 11) is 5.06. The van der Waals surface area contributed by atoms with Gasteiger partial charge in [0.15, 0.2) is 11.5 Å². The summed E-state index contributed by atoms with van der Waals surface area (Å²) in [5.41, 5.74) is 4.93. The van der Waals surface area contributed by atoms with Crippen molar-refractivity contribution in [3.63, 3.8) is 0 Å². The number of hydrogen-bond acceptors (Lipinski definition) is 5. The van der Waals surface area contributed by atoms with Crippen LogP contribution in [-0.4, -0.2) is 34.4 Å². The highest BCUT2D eigenvalue weighted by Crippen LogP contribution is 2.41. The molecule has 0 saturated heterocycles. The molecule has 0 aliphatic carbocycles. The number of hydrogen-bond donors (Lipinski definition) is 2. The smallest absolute Gasteiger partial charge is 0.184 e. The summed E-state index contributed by atoms with van der Waals surface area (Å²) < 4.78 is 16.4. The fraction of sp³-hybridized carbons (Fsp3) is 0.400. The molecular weight excluding hydrogens is 316 g/mol. The SMILES string of the molecule is COc1ccc(CCNc2c3c(cc(OC)c2OC)CNCC3)cc1. The maximum atomic E-state index is 5.64. The van der Waals surface area contributed by atoms with Crippen LogP contribution in [0.4, 0.5) is 5.69 Å². The van der Waals surface area contributed by atoms with Gasteiger partial charge in [0.05, 0.1) is 27.0 Å². The Morgan fingerprint density at radius 3 is 2.52 bits per heavy atom. The standard InChI is InChI=1S/C20H26N2O3/c1-23-16-6-4-14(5-7-16)8-11-22-19-17-9-10-21-13-15(17)12-18(24-2)20(19)25-3/h4-7,12,21-22H,8-11,13H2,1-3H3. The van der Waals surface area contributed by atoms with Crippen LogP contribution < -0.4 is 24.8 Å². The van der Waals surface area contributed by atoms with E-state index >= 15 is 0 Å². The Morgan fingerprint density at radius 2 is 1.84 bits per heavy atom. The average molecular weight is 342 g/mol. The van der Waals surface area contributed by atoms with Gasteiger partial charge in [0.1, 0.15) is 5.75 Å². The van der Waals surface area contributed by atoms with E-state index in [1.165, 1.54) is 16.7 Å². The van der Waals surface area contributed by atoms with E-state index in [-0.39, 0.29) is 0 Å². The summed E-state index contributed by atoms with van der Waals surface area (Å²) >= 11 is 0. The minimum atomic E-state index is 0.775. The van der Waals surface area contributed by atoms with Gasteiger partial charge in [0.2, 0.25) is 0 Å². The van der Waals surface area contributed by atoms with E-state index in [1.807, 2.05) is 12.1 Å². The van der Waals surface area contributed by atoms with Crippen LogP contribution >= 0.6 is 0 Å². The van der Waals surface area contributed by atoms with E-state index in [9.17, 15) is 0 Å². The maximum absolute atomic E-state index is 5.64. The van der Waals surface area contributed by atoms with Crippen molar-refractivity contribution < 1.29 is 14.2 Å². The van der Waals surface area contributed by atoms with E-state index in [2.05, 4.69) is 28.8 Å². The summed E-state index contributed by atoms with van der Waals surface area (Å²) in [5, 5.41) is 6.99. The molecule has 5 nitrogen and oxygen atoms in total. The fourth-order valence-electron chi connectivity index (χ4n) is 3.28. The van der Waals surface area contributed by atoms with E-state index in [4.69, 9.17) is 14.2 Å². The molecule has 0 fully saturated rings. The van der Waals surface area contributed by atoms with Crippen molar-refractivity contribution in [1.82, 2.24) is 5.32 Å². The number of ether oxygens (including phenoxy) is 3.